The number of benzene rings is 1. The largest absolute Gasteiger partial charge is 0.491 e. The molecular formula is C19H29FN4O3. The number of carbonyl (C=O) groups excluding carboxylic acids is 1. The molecule has 0 atom stereocenters. The minimum atomic E-state index is -0.512. The predicted molar refractivity (Wildman–Crippen MR) is 102 cm³/mol. The van der Waals surface area contributed by atoms with Crippen LogP contribution < -0.4 is 10.5 Å². The zero-order valence-electron chi connectivity index (χ0n) is 16.5. The Labute approximate surface area is 159 Å². The standard InChI is InChI=1S/C19H29FN4O3/c1-5-26-16-7-6-14(12-15(16)20)13-22-17(21)23-8-10-24(11-9-23)18(25)27-19(2,3)4/h6-7,12H,5,8-11,13H2,1-4H3,(H2,21,22). The molecule has 27 heavy (non-hydrogen) atoms. The summed E-state index contributed by atoms with van der Waals surface area (Å²) >= 11 is 0. The number of carbonyl (C=O) groups is 1. The van der Waals surface area contributed by atoms with Gasteiger partial charge in [0.25, 0.3) is 0 Å². The minimum absolute atomic E-state index is 0.233. The van der Waals surface area contributed by atoms with Crippen molar-refractivity contribution >= 4 is 12.1 Å². The number of aliphatic imine (C=N–C) groups is 1. The van der Waals surface area contributed by atoms with Crippen LogP contribution in [-0.2, 0) is 11.3 Å². The first kappa shape index (κ1) is 20.8. The molecule has 0 aromatic heterocycles. The van der Waals surface area contributed by atoms with Crippen molar-refractivity contribution in [3.63, 3.8) is 0 Å². The number of halogens is 1. The molecule has 150 valence electrons. The van der Waals surface area contributed by atoms with E-state index in [4.69, 9.17) is 15.2 Å². The van der Waals surface area contributed by atoms with E-state index in [1.165, 1.54) is 6.07 Å². The molecule has 1 aromatic carbocycles. The number of rotatable bonds is 4. The van der Waals surface area contributed by atoms with Crippen LogP contribution in [-0.4, -0.2) is 60.2 Å². The first-order valence-corrected chi connectivity index (χ1v) is 9.13. The fourth-order valence-corrected chi connectivity index (χ4v) is 2.63. The highest BCUT2D eigenvalue weighted by atomic mass is 19.1. The molecule has 2 rings (SSSR count). The Morgan fingerprint density at radius 3 is 2.41 bits per heavy atom. The van der Waals surface area contributed by atoms with Crippen LogP contribution in [0.5, 0.6) is 5.75 Å². The highest BCUT2D eigenvalue weighted by molar-refractivity contribution is 5.78. The summed E-state index contributed by atoms with van der Waals surface area (Å²) in [6.07, 6.45) is -0.317. The van der Waals surface area contributed by atoms with Crippen LogP contribution in [0.25, 0.3) is 0 Å². The summed E-state index contributed by atoms with van der Waals surface area (Å²) in [7, 11) is 0. The van der Waals surface area contributed by atoms with Crippen LogP contribution in [0.4, 0.5) is 9.18 Å². The molecule has 1 amide bonds. The molecule has 8 heteroatoms. The van der Waals surface area contributed by atoms with Crippen molar-refractivity contribution in [1.29, 1.82) is 0 Å². The Bertz CT molecular complexity index is 680. The number of guanidine groups is 1. The van der Waals surface area contributed by atoms with Gasteiger partial charge in [-0.05, 0) is 45.4 Å². The summed E-state index contributed by atoms with van der Waals surface area (Å²) in [6.45, 7) is 10.2. The van der Waals surface area contributed by atoms with E-state index in [1.54, 1.807) is 24.0 Å². The average Bonchev–Trinajstić information content (AvgIpc) is 2.60. The van der Waals surface area contributed by atoms with E-state index < -0.39 is 11.4 Å². The summed E-state index contributed by atoms with van der Waals surface area (Å²) in [5.41, 5.74) is 6.26. The van der Waals surface area contributed by atoms with E-state index in [0.29, 0.717) is 44.3 Å². The fourth-order valence-electron chi connectivity index (χ4n) is 2.63. The lowest BCUT2D eigenvalue weighted by atomic mass is 10.2. The van der Waals surface area contributed by atoms with Crippen molar-refractivity contribution in [3.8, 4) is 5.75 Å². The second kappa shape index (κ2) is 8.92. The number of amides is 1. The molecule has 7 nitrogen and oxygen atoms in total. The van der Waals surface area contributed by atoms with Crippen LogP contribution in [0, 0.1) is 5.82 Å². The fraction of sp³-hybridized carbons (Fsp3) is 0.579. The Morgan fingerprint density at radius 1 is 1.22 bits per heavy atom. The number of piperazine rings is 1. The van der Waals surface area contributed by atoms with Gasteiger partial charge in [-0.3, -0.25) is 0 Å². The Hall–Kier alpha value is -2.51. The van der Waals surface area contributed by atoms with Crippen LogP contribution in [0.1, 0.15) is 33.3 Å². The van der Waals surface area contributed by atoms with Crippen molar-refractivity contribution in [2.75, 3.05) is 32.8 Å². The van der Waals surface area contributed by atoms with Crippen LogP contribution in [0.2, 0.25) is 0 Å². The van der Waals surface area contributed by atoms with Gasteiger partial charge in [-0.1, -0.05) is 6.07 Å². The molecular weight excluding hydrogens is 351 g/mol. The molecule has 0 unspecified atom stereocenters. The summed E-state index contributed by atoms with van der Waals surface area (Å²) in [5.74, 6) is 0.207. The average molecular weight is 380 g/mol. The summed E-state index contributed by atoms with van der Waals surface area (Å²) < 4.78 is 24.5. The van der Waals surface area contributed by atoms with Crippen LogP contribution in [0.15, 0.2) is 23.2 Å². The van der Waals surface area contributed by atoms with E-state index in [9.17, 15) is 9.18 Å². The smallest absolute Gasteiger partial charge is 0.410 e. The molecule has 0 aliphatic carbocycles. The minimum Gasteiger partial charge on any atom is -0.491 e. The molecule has 1 aliphatic heterocycles. The lowest BCUT2D eigenvalue weighted by Crippen LogP contribution is -2.53. The van der Waals surface area contributed by atoms with Gasteiger partial charge in [0.15, 0.2) is 17.5 Å². The number of ether oxygens (including phenoxy) is 2. The molecule has 1 heterocycles. The van der Waals surface area contributed by atoms with Crippen molar-refractivity contribution in [2.24, 2.45) is 10.7 Å². The lowest BCUT2D eigenvalue weighted by molar-refractivity contribution is 0.0186. The van der Waals surface area contributed by atoms with Crippen molar-refractivity contribution in [2.45, 2.75) is 39.8 Å². The molecule has 0 radical (unpaired) electrons. The predicted octanol–water partition coefficient (Wildman–Crippen LogP) is 2.59. The Balaban J connectivity index is 1.87. The van der Waals surface area contributed by atoms with Crippen molar-refractivity contribution < 1.29 is 18.7 Å². The van der Waals surface area contributed by atoms with E-state index in [0.717, 1.165) is 0 Å². The van der Waals surface area contributed by atoms with E-state index >= 15 is 0 Å². The van der Waals surface area contributed by atoms with Gasteiger partial charge in [-0.25, -0.2) is 14.2 Å². The Morgan fingerprint density at radius 2 is 1.85 bits per heavy atom. The van der Waals surface area contributed by atoms with Gasteiger partial charge >= 0.3 is 6.09 Å². The van der Waals surface area contributed by atoms with Gasteiger partial charge in [-0.15, -0.1) is 0 Å². The van der Waals surface area contributed by atoms with Crippen molar-refractivity contribution in [1.82, 2.24) is 9.80 Å². The maximum atomic E-state index is 13.9. The van der Waals surface area contributed by atoms with Crippen molar-refractivity contribution in [3.05, 3.63) is 29.6 Å². The number of hydrogen-bond donors (Lipinski definition) is 1. The second-order valence-electron chi connectivity index (χ2n) is 7.33. The third-order valence-corrected chi connectivity index (χ3v) is 3.98. The van der Waals surface area contributed by atoms with Crippen LogP contribution in [0.3, 0.4) is 0 Å². The summed E-state index contributed by atoms with van der Waals surface area (Å²) in [4.78, 5) is 20.0. The van der Waals surface area contributed by atoms with Crippen LogP contribution >= 0.6 is 0 Å². The third-order valence-electron chi connectivity index (χ3n) is 3.98. The molecule has 0 saturated carbocycles. The van der Waals surface area contributed by atoms with E-state index in [2.05, 4.69) is 4.99 Å². The molecule has 0 bridgehead atoms. The van der Waals surface area contributed by atoms with Gasteiger partial charge in [0.05, 0.1) is 13.2 Å². The highest BCUT2D eigenvalue weighted by Gasteiger charge is 2.26. The number of nitrogens with zero attached hydrogens (tertiary/aromatic N) is 3. The van der Waals surface area contributed by atoms with Gasteiger partial charge < -0.3 is 25.0 Å². The first-order chi connectivity index (χ1) is 12.7. The third kappa shape index (κ3) is 6.30. The number of hydrogen-bond acceptors (Lipinski definition) is 4. The molecule has 1 saturated heterocycles. The molecule has 0 spiro atoms. The van der Waals surface area contributed by atoms with E-state index in [-0.39, 0.29) is 18.4 Å². The molecule has 2 N–H and O–H groups in total. The number of nitrogens with two attached hydrogens (primary N) is 1. The van der Waals surface area contributed by atoms with E-state index in [1.807, 2.05) is 25.7 Å². The zero-order valence-corrected chi connectivity index (χ0v) is 16.5. The molecule has 1 aliphatic rings. The SMILES string of the molecule is CCOc1ccc(CN=C(N)N2CCN(C(=O)OC(C)(C)C)CC2)cc1F. The maximum absolute atomic E-state index is 13.9. The summed E-state index contributed by atoms with van der Waals surface area (Å²) in [6, 6.07) is 4.77. The quantitative estimate of drug-likeness (QED) is 0.641. The summed E-state index contributed by atoms with van der Waals surface area (Å²) in [5, 5.41) is 0. The maximum Gasteiger partial charge on any atom is 0.410 e. The monoisotopic (exact) mass is 380 g/mol. The van der Waals surface area contributed by atoms with Gasteiger partial charge in [0, 0.05) is 26.2 Å². The molecule has 1 fully saturated rings. The lowest BCUT2D eigenvalue weighted by Gasteiger charge is -2.36. The van der Waals surface area contributed by atoms with Gasteiger partial charge in [0.2, 0.25) is 0 Å². The normalized spacial score (nSPS) is 15.7. The van der Waals surface area contributed by atoms with Gasteiger partial charge in [-0.2, -0.15) is 0 Å². The zero-order chi connectivity index (χ0) is 20.0. The second-order valence-corrected chi connectivity index (χ2v) is 7.33. The Kier molecular flexibility index (Phi) is 6.87. The first-order valence-electron chi connectivity index (χ1n) is 9.13. The molecule has 1 aromatic rings. The van der Waals surface area contributed by atoms with Gasteiger partial charge in [0.1, 0.15) is 5.60 Å². The topological polar surface area (TPSA) is 80.4 Å². The highest BCUT2D eigenvalue weighted by Crippen LogP contribution is 2.19.